The smallest absolute Gasteiger partial charge is 0.254 e. The van der Waals surface area contributed by atoms with Crippen molar-refractivity contribution in [3.05, 3.63) is 65.5 Å². The Hall–Kier alpha value is -2.24. The van der Waals surface area contributed by atoms with Gasteiger partial charge in [-0.05, 0) is 88.6 Å². The summed E-state index contributed by atoms with van der Waals surface area (Å²) < 4.78 is 0. The summed E-state index contributed by atoms with van der Waals surface area (Å²) in [6.45, 7) is 3.66. The molecule has 5 heteroatoms. The summed E-state index contributed by atoms with van der Waals surface area (Å²) in [5, 5.41) is 19.9. The van der Waals surface area contributed by atoms with Crippen molar-refractivity contribution in [2.75, 3.05) is 6.61 Å². The molecule has 5 nitrogen and oxygen atoms in total. The molecule has 2 N–H and O–H groups in total. The fourth-order valence-corrected chi connectivity index (χ4v) is 5.11. The number of rotatable bonds is 7. The Labute approximate surface area is 185 Å². The van der Waals surface area contributed by atoms with Crippen molar-refractivity contribution in [2.45, 2.75) is 81.9 Å². The molecule has 2 aliphatic rings. The van der Waals surface area contributed by atoms with E-state index < -0.39 is 5.60 Å². The van der Waals surface area contributed by atoms with Crippen molar-refractivity contribution in [1.29, 1.82) is 0 Å². The van der Waals surface area contributed by atoms with E-state index in [9.17, 15) is 15.0 Å². The van der Waals surface area contributed by atoms with E-state index in [0.29, 0.717) is 18.0 Å². The summed E-state index contributed by atoms with van der Waals surface area (Å²) >= 11 is 0. The van der Waals surface area contributed by atoms with Gasteiger partial charge in [0.25, 0.3) is 5.91 Å². The van der Waals surface area contributed by atoms with E-state index in [1.807, 2.05) is 42.6 Å². The third-order valence-corrected chi connectivity index (χ3v) is 7.12. The predicted octanol–water partition coefficient (Wildman–Crippen LogP) is 4.18. The highest BCUT2D eigenvalue weighted by Crippen LogP contribution is 2.44. The van der Waals surface area contributed by atoms with Crippen LogP contribution in [0.15, 0.2) is 48.7 Å². The zero-order chi connectivity index (χ0) is 22.1. The van der Waals surface area contributed by atoms with Crippen molar-refractivity contribution in [1.82, 2.24) is 9.88 Å². The molecular weight excluding hydrogens is 388 g/mol. The van der Waals surface area contributed by atoms with Crippen LogP contribution in [0, 0.1) is 0 Å². The molecular formula is C26H34N2O3. The fraction of sp³-hybridized carbons (Fsp3) is 0.538. The van der Waals surface area contributed by atoms with Crippen molar-refractivity contribution in [3.8, 4) is 0 Å². The van der Waals surface area contributed by atoms with Gasteiger partial charge in [0.05, 0.1) is 5.60 Å². The number of carbonyl (C=O) groups is 1. The number of pyridine rings is 1. The molecule has 1 heterocycles. The highest BCUT2D eigenvalue weighted by Gasteiger charge is 2.43. The minimum Gasteiger partial charge on any atom is -0.396 e. The number of benzene rings is 1. The molecule has 0 atom stereocenters. The van der Waals surface area contributed by atoms with Crippen LogP contribution >= 0.6 is 0 Å². The summed E-state index contributed by atoms with van der Waals surface area (Å²) in [7, 11) is 0. The van der Waals surface area contributed by atoms with E-state index in [1.54, 1.807) is 13.8 Å². The van der Waals surface area contributed by atoms with Gasteiger partial charge in [-0.1, -0.05) is 18.2 Å². The second kappa shape index (κ2) is 8.71. The van der Waals surface area contributed by atoms with Gasteiger partial charge in [-0.3, -0.25) is 9.78 Å². The van der Waals surface area contributed by atoms with Gasteiger partial charge >= 0.3 is 0 Å². The van der Waals surface area contributed by atoms with Gasteiger partial charge in [0.2, 0.25) is 0 Å². The lowest BCUT2D eigenvalue weighted by molar-refractivity contribution is 0.0547. The molecule has 1 amide bonds. The number of aliphatic hydroxyl groups excluding tert-OH is 1. The van der Waals surface area contributed by atoms with E-state index in [2.05, 4.69) is 16.0 Å². The minimum absolute atomic E-state index is 0.0981. The molecule has 0 spiro atoms. The van der Waals surface area contributed by atoms with Crippen molar-refractivity contribution in [2.24, 2.45) is 0 Å². The predicted molar refractivity (Wildman–Crippen MR) is 121 cm³/mol. The number of carbonyl (C=O) groups excluding carboxylic acids is 1. The molecule has 1 aromatic heterocycles. The highest BCUT2D eigenvalue weighted by molar-refractivity contribution is 5.95. The maximum absolute atomic E-state index is 13.5. The lowest BCUT2D eigenvalue weighted by Gasteiger charge is -2.43. The minimum atomic E-state index is -0.914. The normalized spacial score (nSPS) is 24.1. The van der Waals surface area contributed by atoms with Gasteiger partial charge in [-0.25, -0.2) is 0 Å². The van der Waals surface area contributed by atoms with Crippen LogP contribution in [0.2, 0.25) is 0 Å². The molecule has 0 radical (unpaired) electrons. The van der Waals surface area contributed by atoms with Gasteiger partial charge in [-0.15, -0.1) is 0 Å². The van der Waals surface area contributed by atoms with E-state index in [1.165, 1.54) is 0 Å². The lowest BCUT2D eigenvalue weighted by atomic mass is 9.68. The summed E-state index contributed by atoms with van der Waals surface area (Å²) in [5.41, 5.74) is 1.55. The van der Waals surface area contributed by atoms with Crippen LogP contribution in [-0.4, -0.2) is 44.7 Å². The summed E-state index contributed by atoms with van der Waals surface area (Å²) in [6, 6.07) is 14.0. The van der Waals surface area contributed by atoms with Crippen LogP contribution in [0.1, 0.15) is 80.4 Å². The van der Waals surface area contributed by atoms with Gasteiger partial charge in [0, 0.05) is 41.6 Å². The van der Waals surface area contributed by atoms with Crippen LogP contribution in [0.25, 0.3) is 0 Å². The molecule has 2 aromatic rings. The Morgan fingerprint density at radius 3 is 2.23 bits per heavy atom. The van der Waals surface area contributed by atoms with Crippen molar-refractivity contribution in [3.63, 3.8) is 0 Å². The summed E-state index contributed by atoms with van der Waals surface area (Å²) in [5.74, 6) is 0.0993. The molecule has 0 bridgehead atoms. The first-order valence-electron chi connectivity index (χ1n) is 11.5. The molecule has 0 unspecified atom stereocenters. The van der Waals surface area contributed by atoms with Crippen molar-refractivity contribution >= 4 is 5.91 Å². The molecule has 2 aliphatic carbocycles. The summed E-state index contributed by atoms with van der Waals surface area (Å²) in [6.07, 6.45) is 8.43. The topological polar surface area (TPSA) is 73.7 Å². The van der Waals surface area contributed by atoms with E-state index in [-0.39, 0.29) is 24.0 Å². The van der Waals surface area contributed by atoms with E-state index in [0.717, 1.165) is 49.8 Å². The van der Waals surface area contributed by atoms with Gasteiger partial charge in [0.15, 0.2) is 0 Å². The number of aliphatic hydroxyl groups is 2. The highest BCUT2D eigenvalue weighted by atomic mass is 16.3. The van der Waals surface area contributed by atoms with Crippen LogP contribution in [0.3, 0.4) is 0 Å². The molecule has 2 saturated carbocycles. The van der Waals surface area contributed by atoms with Crippen molar-refractivity contribution < 1.29 is 15.0 Å². The molecule has 166 valence electrons. The molecule has 0 saturated heterocycles. The van der Waals surface area contributed by atoms with Crippen LogP contribution in [-0.2, 0) is 11.0 Å². The van der Waals surface area contributed by atoms with E-state index >= 15 is 0 Å². The quantitative estimate of drug-likeness (QED) is 0.702. The zero-order valence-corrected chi connectivity index (χ0v) is 18.6. The molecule has 0 aliphatic heterocycles. The van der Waals surface area contributed by atoms with Gasteiger partial charge in [-0.2, -0.15) is 0 Å². The third kappa shape index (κ3) is 4.68. The van der Waals surface area contributed by atoms with E-state index in [4.69, 9.17) is 0 Å². The Balaban J connectivity index is 1.51. The average molecular weight is 423 g/mol. The summed E-state index contributed by atoms with van der Waals surface area (Å²) in [4.78, 5) is 20.2. The van der Waals surface area contributed by atoms with Crippen LogP contribution in [0.4, 0.5) is 0 Å². The Morgan fingerprint density at radius 1 is 1.06 bits per heavy atom. The Bertz CT molecular complexity index is 877. The second-order valence-electron chi connectivity index (χ2n) is 9.78. The number of aromatic nitrogens is 1. The number of hydrogen-bond acceptors (Lipinski definition) is 4. The molecule has 4 rings (SSSR count). The fourth-order valence-electron chi connectivity index (χ4n) is 5.11. The average Bonchev–Trinajstić information content (AvgIpc) is 3.60. The molecule has 31 heavy (non-hydrogen) atoms. The number of hydrogen-bond donors (Lipinski definition) is 2. The third-order valence-electron chi connectivity index (χ3n) is 7.12. The Kier molecular flexibility index (Phi) is 6.18. The largest absolute Gasteiger partial charge is 0.396 e. The number of amides is 1. The number of nitrogens with zero attached hydrogens (tertiary/aromatic N) is 2. The maximum atomic E-state index is 13.5. The zero-order valence-electron chi connectivity index (χ0n) is 18.6. The van der Waals surface area contributed by atoms with Gasteiger partial charge < -0.3 is 15.1 Å². The van der Waals surface area contributed by atoms with Crippen LogP contribution < -0.4 is 0 Å². The maximum Gasteiger partial charge on any atom is 0.254 e. The molecule has 1 aromatic carbocycles. The second-order valence-corrected chi connectivity index (χ2v) is 9.78. The first-order valence-corrected chi connectivity index (χ1v) is 11.5. The standard InChI is InChI=1S/C26H34N2O3/c1-25(2,31)20-8-6-19(7-9-20)24(30)28(21-10-11-21)22-12-14-26(15-13-22,16-18-29)23-5-3-4-17-27-23/h3-9,17,21-22,29,31H,10-16,18H2,1-2H3. The molecule has 2 fully saturated rings. The monoisotopic (exact) mass is 422 g/mol. The van der Waals surface area contributed by atoms with Crippen LogP contribution in [0.5, 0.6) is 0 Å². The first-order chi connectivity index (χ1) is 14.8. The SMILES string of the molecule is CC(C)(O)c1ccc(C(=O)N(C2CC2)C2CCC(CCO)(c3ccccn3)CC2)cc1. The first kappa shape index (κ1) is 22.0. The van der Waals surface area contributed by atoms with Gasteiger partial charge in [0.1, 0.15) is 0 Å². The lowest BCUT2D eigenvalue weighted by Crippen LogP contribution is -2.47. The Morgan fingerprint density at radius 2 is 1.71 bits per heavy atom.